The average Bonchev–Trinajstić information content (AvgIpc) is 3.76. The van der Waals surface area contributed by atoms with Gasteiger partial charge in [0, 0.05) is 51.1 Å². The molecule has 2 heterocycles. The van der Waals surface area contributed by atoms with E-state index in [1.807, 2.05) is 22.7 Å². The molecular weight excluding hydrogens is 641 g/mol. The molecule has 0 radical (unpaired) electrons. The Morgan fingerprint density at radius 2 is 0.640 bits per heavy atom. The summed E-state index contributed by atoms with van der Waals surface area (Å²) in [6.07, 6.45) is 0. The summed E-state index contributed by atoms with van der Waals surface area (Å²) in [6.45, 7) is 0. The first-order valence-corrected chi connectivity index (χ1v) is 18.7. The number of hydrogen-bond donors (Lipinski definition) is 0. The second kappa shape index (κ2) is 10.9. The van der Waals surface area contributed by atoms with Crippen LogP contribution >= 0.6 is 22.7 Å². The third-order valence-corrected chi connectivity index (χ3v) is 12.9. The fourth-order valence-electron chi connectivity index (χ4n) is 8.19. The van der Waals surface area contributed by atoms with Crippen LogP contribution in [-0.2, 0) is 0 Å². The van der Waals surface area contributed by atoms with E-state index < -0.39 is 0 Å². The molecule has 0 amide bonds. The molecule has 0 aliphatic heterocycles. The highest BCUT2D eigenvalue weighted by Gasteiger charge is 2.17. The highest BCUT2D eigenvalue weighted by Crippen LogP contribution is 2.46. The molecule has 0 saturated carbocycles. The first-order valence-electron chi connectivity index (χ1n) is 17.1. The molecule has 9 aromatic carbocycles. The van der Waals surface area contributed by atoms with Crippen molar-refractivity contribution in [3.63, 3.8) is 0 Å². The van der Waals surface area contributed by atoms with Crippen molar-refractivity contribution in [3.8, 4) is 33.4 Å². The number of thiophene rings is 2. The van der Waals surface area contributed by atoms with Crippen LogP contribution in [0.15, 0.2) is 170 Å². The topological polar surface area (TPSA) is 0 Å². The minimum absolute atomic E-state index is 1.23. The van der Waals surface area contributed by atoms with Gasteiger partial charge in [-0.25, -0.2) is 0 Å². The maximum absolute atomic E-state index is 2.40. The fourth-order valence-corrected chi connectivity index (χ4v) is 10.6. The van der Waals surface area contributed by atoms with Gasteiger partial charge in [-0.2, -0.15) is 0 Å². The molecule has 0 atom stereocenters. The molecule has 2 heteroatoms. The standard InChI is InChI=1S/C48H28S2/c1-2-10-30(11-3-1)45-34-13-4-6-15-36(34)46(37-16-7-5-14-35(37)45)31-20-18-29(19-21-31)32-22-27-44-42(28-32)41-26-25-39-40(48(41)50-44)24-23-38-33-12-8-9-17-43(33)49-47(38)39/h1-28H. The molecule has 0 N–H and O–H groups in total. The Morgan fingerprint density at radius 3 is 1.22 bits per heavy atom. The van der Waals surface area contributed by atoms with E-state index in [2.05, 4.69) is 170 Å². The Bertz CT molecular complexity index is 3070. The normalized spacial score (nSPS) is 12.0. The molecule has 232 valence electrons. The summed E-state index contributed by atoms with van der Waals surface area (Å²) in [7, 11) is 0. The summed E-state index contributed by atoms with van der Waals surface area (Å²) in [5.41, 5.74) is 7.56. The maximum Gasteiger partial charge on any atom is 0.0434 e. The molecule has 50 heavy (non-hydrogen) atoms. The second-order valence-electron chi connectivity index (χ2n) is 13.2. The summed E-state index contributed by atoms with van der Waals surface area (Å²) < 4.78 is 5.45. The van der Waals surface area contributed by atoms with Crippen LogP contribution in [0.4, 0.5) is 0 Å². The van der Waals surface area contributed by atoms with E-state index in [1.165, 1.54) is 106 Å². The largest absolute Gasteiger partial charge is 0.135 e. The zero-order chi connectivity index (χ0) is 32.8. The highest BCUT2D eigenvalue weighted by atomic mass is 32.1. The first-order chi connectivity index (χ1) is 24.8. The Balaban J connectivity index is 1.04. The summed E-state index contributed by atoms with van der Waals surface area (Å²) in [5, 5.41) is 13.2. The molecule has 0 unspecified atom stereocenters. The van der Waals surface area contributed by atoms with Crippen LogP contribution in [0.5, 0.6) is 0 Å². The van der Waals surface area contributed by atoms with Crippen molar-refractivity contribution in [3.05, 3.63) is 170 Å². The fraction of sp³-hybridized carbons (Fsp3) is 0. The molecule has 0 spiro atoms. The van der Waals surface area contributed by atoms with Gasteiger partial charge >= 0.3 is 0 Å². The lowest BCUT2D eigenvalue weighted by Gasteiger charge is -2.18. The van der Waals surface area contributed by atoms with Crippen LogP contribution < -0.4 is 0 Å². The molecule has 0 saturated heterocycles. The zero-order valence-corrected chi connectivity index (χ0v) is 28.6. The van der Waals surface area contributed by atoms with Crippen molar-refractivity contribution in [1.82, 2.24) is 0 Å². The van der Waals surface area contributed by atoms with Crippen LogP contribution in [-0.4, -0.2) is 0 Å². The Kier molecular flexibility index (Phi) is 6.09. The molecule has 0 aliphatic rings. The lowest BCUT2D eigenvalue weighted by atomic mass is 9.86. The van der Waals surface area contributed by atoms with Gasteiger partial charge < -0.3 is 0 Å². The van der Waals surface area contributed by atoms with Gasteiger partial charge in [0.25, 0.3) is 0 Å². The molecule has 0 bridgehead atoms. The van der Waals surface area contributed by atoms with Crippen molar-refractivity contribution < 1.29 is 0 Å². The van der Waals surface area contributed by atoms with Gasteiger partial charge in [-0.3, -0.25) is 0 Å². The predicted octanol–water partition coefficient (Wildman–Crippen LogP) is 14.9. The van der Waals surface area contributed by atoms with E-state index >= 15 is 0 Å². The van der Waals surface area contributed by atoms with Gasteiger partial charge in [0.2, 0.25) is 0 Å². The number of benzene rings is 9. The first kappa shape index (κ1) is 28.1. The lowest BCUT2D eigenvalue weighted by molar-refractivity contribution is 1.63. The summed E-state index contributed by atoms with van der Waals surface area (Å²) in [4.78, 5) is 0. The predicted molar refractivity (Wildman–Crippen MR) is 221 cm³/mol. The maximum atomic E-state index is 2.40. The van der Waals surface area contributed by atoms with E-state index in [-0.39, 0.29) is 0 Å². The molecule has 11 aromatic rings. The molecule has 11 rings (SSSR count). The monoisotopic (exact) mass is 668 g/mol. The number of fused-ring (bicyclic) bond motifs is 11. The van der Waals surface area contributed by atoms with Gasteiger partial charge in [-0.1, -0.05) is 152 Å². The Labute approximate surface area is 297 Å². The molecule has 0 aliphatic carbocycles. The zero-order valence-electron chi connectivity index (χ0n) is 27.0. The summed E-state index contributed by atoms with van der Waals surface area (Å²) >= 11 is 3.83. The SMILES string of the molecule is c1ccc(-c2c3ccccc3c(-c3ccc(-c4ccc5sc6c(ccc7c6ccc6c8ccccc8sc67)c5c4)cc3)c3ccccc23)cc1. The van der Waals surface area contributed by atoms with Crippen molar-refractivity contribution in [2.45, 2.75) is 0 Å². The van der Waals surface area contributed by atoms with Crippen LogP contribution in [0.25, 0.3) is 106 Å². The molecule has 2 aromatic heterocycles. The quantitative estimate of drug-likeness (QED) is 0.164. The van der Waals surface area contributed by atoms with Crippen molar-refractivity contribution in [2.75, 3.05) is 0 Å². The van der Waals surface area contributed by atoms with Crippen molar-refractivity contribution in [1.29, 1.82) is 0 Å². The van der Waals surface area contributed by atoms with Crippen LogP contribution in [0.2, 0.25) is 0 Å². The van der Waals surface area contributed by atoms with Gasteiger partial charge in [0.15, 0.2) is 0 Å². The summed E-state index contributed by atoms with van der Waals surface area (Å²) in [6, 6.07) is 62.9. The number of rotatable bonds is 3. The van der Waals surface area contributed by atoms with E-state index in [1.54, 1.807) is 0 Å². The molecular formula is C48H28S2. The molecule has 0 fully saturated rings. The number of hydrogen-bond acceptors (Lipinski definition) is 2. The minimum Gasteiger partial charge on any atom is -0.135 e. The van der Waals surface area contributed by atoms with Crippen LogP contribution in [0.1, 0.15) is 0 Å². The molecule has 0 nitrogen and oxygen atoms in total. The van der Waals surface area contributed by atoms with E-state index in [0.717, 1.165) is 0 Å². The van der Waals surface area contributed by atoms with Gasteiger partial charge in [0.1, 0.15) is 0 Å². The summed E-state index contributed by atoms with van der Waals surface area (Å²) in [5.74, 6) is 0. The van der Waals surface area contributed by atoms with Crippen LogP contribution in [0, 0.1) is 0 Å². The third kappa shape index (κ3) is 4.10. The average molecular weight is 669 g/mol. The van der Waals surface area contributed by atoms with E-state index in [0.29, 0.717) is 0 Å². The smallest absolute Gasteiger partial charge is 0.0434 e. The van der Waals surface area contributed by atoms with Gasteiger partial charge in [-0.05, 0) is 73.1 Å². The van der Waals surface area contributed by atoms with Gasteiger partial charge in [-0.15, -0.1) is 22.7 Å². The van der Waals surface area contributed by atoms with Gasteiger partial charge in [0.05, 0.1) is 0 Å². The van der Waals surface area contributed by atoms with E-state index in [9.17, 15) is 0 Å². The van der Waals surface area contributed by atoms with E-state index in [4.69, 9.17) is 0 Å². The Hall–Kier alpha value is -5.80. The Morgan fingerprint density at radius 1 is 0.240 bits per heavy atom. The third-order valence-electron chi connectivity index (χ3n) is 10.5. The minimum atomic E-state index is 1.23. The lowest BCUT2D eigenvalue weighted by Crippen LogP contribution is -1.90. The van der Waals surface area contributed by atoms with Crippen molar-refractivity contribution in [2.24, 2.45) is 0 Å². The van der Waals surface area contributed by atoms with Crippen molar-refractivity contribution >= 4 is 95.3 Å². The van der Waals surface area contributed by atoms with Crippen LogP contribution in [0.3, 0.4) is 0 Å². The highest BCUT2D eigenvalue weighted by molar-refractivity contribution is 7.28. The second-order valence-corrected chi connectivity index (χ2v) is 15.3.